The number of aromatic hydroxyl groups is 1. The molecule has 0 spiro atoms. The van der Waals surface area contributed by atoms with Gasteiger partial charge >= 0.3 is 0 Å². The zero-order valence-electron chi connectivity index (χ0n) is 20.6. The second-order valence-electron chi connectivity index (χ2n) is 9.14. The summed E-state index contributed by atoms with van der Waals surface area (Å²) >= 11 is 0. The summed E-state index contributed by atoms with van der Waals surface area (Å²) < 4.78 is 5.94. The van der Waals surface area contributed by atoms with Crippen molar-refractivity contribution in [2.45, 2.75) is 19.6 Å². The van der Waals surface area contributed by atoms with Gasteiger partial charge in [0.2, 0.25) is 0 Å². The Kier molecular flexibility index (Phi) is 7.41. The lowest BCUT2D eigenvalue weighted by molar-refractivity contribution is -0.140. The Hall–Kier alpha value is -4.10. The maximum atomic E-state index is 13.1. The van der Waals surface area contributed by atoms with Gasteiger partial charge in [-0.15, -0.1) is 0 Å². The SMILES string of the molecule is Cc1cc(/C(O)=C2\C(=O)C(=O)N(CCN(C)C)[C@@H]2c2ccc(O)cc2)ccc1OCc1ccccc1. The van der Waals surface area contributed by atoms with Crippen LogP contribution in [-0.2, 0) is 16.2 Å². The molecule has 3 aromatic rings. The molecule has 36 heavy (non-hydrogen) atoms. The predicted octanol–water partition coefficient (Wildman–Crippen LogP) is 4.26. The third kappa shape index (κ3) is 5.26. The van der Waals surface area contributed by atoms with Gasteiger partial charge in [0.15, 0.2) is 0 Å². The molecule has 7 heteroatoms. The van der Waals surface area contributed by atoms with E-state index in [1.807, 2.05) is 56.3 Å². The van der Waals surface area contributed by atoms with E-state index in [1.54, 1.807) is 30.3 Å². The second kappa shape index (κ2) is 10.7. The van der Waals surface area contributed by atoms with Crippen molar-refractivity contribution >= 4 is 17.4 Å². The minimum absolute atomic E-state index is 0.0294. The maximum Gasteiger partial charge on any atom is 0.295 e. The van der Waals surface area contributed by atoms with Crippen LogP contribution in [0.3, 0.4) is 0 Å². The number of aliphatic hydroxyl groups excluding tert-OH is 1. The summed E-state index contributed by atoms with van der Waals surface area (Å²) in [7, 11) is 3.77. The fourth-order valence-electron chi connectivity index (χ4n) is 4.27. The van der Waals surface area contributed by atoms with Crippen LogP contribution in [0, 0.1) is 6.92 Å². The predicted molar refractivity (Wildman–Crippen MR) is 138 cm³/mol. The smallest absolute Gasteiger partial charge is 0.295 e. The number of benzene rings is 3. The van der Waals surface area contributed by atoms with Gasteiger partial charge in [-0.25, -0.2) is 0 Å². The molecule has 1 fully saturated rings. The van der Waals surface area contributed by atoms with E-state index in [0.717, 1.165) is 11.1 Å². The number of Topliss-reactive ketones (excluding diaryl/α,β-unsaturated/α-hetero) is 1. The Morgan fingerprint density at radius 2 is 1.69 bits per heavy atom. The summed E-state index contributed by atoms with van der Waals surface area (Å²) in [5.74, 6) is -0.887. The van der Waals surface area contributed by atoms with Crippen LogP contribution in [0.2, 0.25) is 0 Å². The van der Waals surface area contributed by atoms with Gasteiger partial charge in [-0.2, -0.15) is 0 Å². The number of ether oxygens (including phenoxy) is 1. The molecule has 0 unspecified atom stereocenters. The van der Waals surface area contributed by atoms with Gasteiger partial charge in [0.25, 0.3) is 11.7 Å². The number of aryl methyl sites for hydroxylation is 1. The van der Waals surface area contributed by atoms with Crippen molar-refractivity contribution in [2.24, 2.45) is 0 Å². The molecular weight excluding hydrogens is 456 g/mol. The number of carbonyl (C=O) groups excluding carboxylic acids is 2. The summed E-state index contributed by atoms with van der Waals surface area (Å²) in [4.78, 5) is 29.5. The Morgan fingerprint density at radius 3 is 2.33 bits per heavy atom. The molecule has 1 heterocycles. The Bertz CT molecular complexity index is 1280. The number of phenols is 1. The molecule has 0 aromatic heterocycles. The first kappa shape index (κ1) is 25.0. The number of ketones is 1. The van der Waals surface area contributed by atoms with Crippen LogP contribution in [0.1, 0.15) is 28.3 Å². The minimum atomic E-state index is -0.764. The van der Waals surface area contributed by atoms with Crippen molar-refractivity contribution in [1.29, 1.82) is 0 Å². The van der Waals surface area contributed by atoms with E-state index < -0.39 is 17.7 Å². The molecule has 0 saturated carbocycles. The third-order valence-corrected chi connectivity index (χ3v) is 6.22. The molecular formula is C29H30N2O5. The number of amides is 1. The highest BCUT2D eigenvalue weighted by molar-refractivity contribution is 6.46. The first-order chi connectivity index (χ1) is 17.3. The van der Waals surface area contributed by atoms with E-state index in [9.17, 15) is 19.8 Å². The number of phenolic OH excluding ortho intramolecular Hbond substituents is 1. The van der Waals surface area contributed by atoms with Gasteiger partial charge in [0, 0.05) is 18.7 Å². The average molecular weight is 487 g/mol. The van der Waals surface area contributed by atoms with Crippen LogP contribution < -0.4 is 4.74 Å². The number of hydrogen-bond acceptors (Lipinski definition) is 6. The molecule has 1 atom stereocenters. The highest BCUT2D eigenvalue weighted by Crippen LogP contribution is 2.40. The van der Waals surface area contributed by atoms with E-state index in [2.05, 4.69) is 0 Å². The van der Waals surface area contributed by atoms with Crippen molar-refractivity contribution in [3.05, 3.63) is 101 Å². The number of rotatable bonds is 8. The Labute approximate surface area is 210 Å². The molecule has 1 amide bonds. The molecule has 1 aliphatic rings. The second-order valence-corrected chi connectivity index (χ2v) is 9.14. The molecule has 0 bridgehead atoms. The van der Waals surface area contributed by atoms with Gasteiger partial charge in [0.1, 0.15) is 23.9 Å². The van der Waals surface area contributed by atoms with E-state index in [1.165, 1.54) is 17.0 Å². The number of carbonyl (C=O) groups is 2. The van der Waals surface area contributed by atoms with Crippen LogP contribution in [0.15, 0.2) is 78.4 Å². The third-order valence-electron chi connectivity index (χ3n) is 6.22. The van der Waals surface area contributed by atoms with Crippen molar-refractivity contribution in [2.75, 3.05) is 27.2 Å². The van der Waals surface area contributed by atoms with E-state index in [-0.39, 0.29) is 17.1 Å². The summed E-state index contributed by atoms with van der Waals surface area (Å²) in [5.41, 5.74) is 2.91. The number of aliphatic hydroxyl groups is 1. The average Bonchev–Trinajstić information content (AvgIpc) is 3.12. The van der Waals surface area contributed by atoms with Crippen LogP contribution >= 0.6 is 0 Å². The molecule has 2 N–H and O–H groups in total. The zero-order valence-corrected chi connectivity index (χ0v) is 20.6. The Balaban J connectivity index is 1.69. The monoisotopic (exact) mass is 486 g/mol. The summed E-state index contributed by atoms with van der Waals surface area (Å²) in [6.07, 6.45) is 0. The Morgan fingerprint density at radius 1 is 1.00 bits per heavy atom. The summed E-state index contributed by atoms with van der Waals surface area (Å²) in [6, 6.07) is 20.6. The molecule has 7 nitrogen and oxygen atoms in total. The van der Waals surface area contributed by atoms with Gasteiger partial charge in [-0.3, -0.25) is 9.59 Å². The quantitative estimate of drug-likeness (QED) is 0.281. The minimum Gasteiger partial charge on any atom is -0.508 e. The number of likely N-dealkylation sites (N-methyl/N-ethyl adjacent to an activating group) is 1. The van der Waals surface area contributed by atoms with Crippen LogP contribution in [-0.4, -0.2) is 58.9 Å². The zero-order chi connectivity index (χ0) is 25.8. The van der Waals surface area contributed by atoms with Crippen LogP contribution in [0.25, 0.3) is 5.76 Å². The van der Waals surface area contributed by atoms with E-state index in [0.29, 0.717) is 36.6 Å². The van der Waals surface area contributed by atoms with Crippen LogP contribution in [0.4, 0.5) is 0 Å². The first-order valence-corrected chi connectivity index (χ1v) is 11.8. The molecule has 4 rings (SSSR count). The number of likely N-dealkylation sites (tertiary alicyclic amines) is 1. The van der Waals surface area contributed by atoms with Gasteiger partial charge < -0.3 is 24.7 Å². The fourth-order valence-corrected chi connectivity index (χ4v) is 4.27. The largest absolute Gasteiger partial charge is 0.508 e. The van der Waals surface area contributed by atoms with Crippen molar-refractivity contribution in [1.82, 2.24) is 9.80 Å². The fraction of sp³-hybridized carbons (Fsp3) is 0.241. The summed E-state index contributed by atoms with van der Waals surface area (Å²) in [5, 5.41) is 21.0. The lowest BCUT2D eigenvalue weighted by Gasteiger charge is -2.26. The van der Waals surface area contributed by atoms with Gasteiger partial charge in [0.05, 0.1) is 11.6 Å². The summed E-state index contributed by atoms with van der Waals surface area (Å²) in [6.45, 7) is 3.13. The standard InChI is InChI=1S/C29H30N2O5/c1-19-17-22(11-14-24(19)36-18-20-7-5-4-6-8-20)27(33)25-26(21-9-12-23(32)13-10-21)31(16-15-30(2)3)29(35)28(25)34/h4-14,17,26,32-33H,15-16,18H2,1-3H3/b27-25+/t26-/m1/s1. The maximum absolute atomic E-state index is 13.1. The molecule has 3 aromatic carbocycles. The molecule has 1 aliphatic heterocycles. The lowest BCUT2D eigenvalue weighted by Crippen LogP contribution is -2.35. The van der Waals surface area contributed by atoms with E-state index >= 15 is 0 Å². The van der Waals surface area contributed by atoms with Crippen molar-refractivity contribution < 1.29 is 24.5 Å². The van der Waals surface area contributed by atoms with E-state index in [4.69, 9.17) is 4.74 Å². The van der Waals surface area contributed by atoms with Gasteiger partial charge in [-0.05, 0) is 68.0 Å². The normalized spacial score (nSPS) is 17.1. The lowest BCUT2D eigenvalue weighted by atomic mass is 9.94. The number of hydrogen-bond donors (Lipinski definition) is 2. The van der Waals surface area contributed by atoms with Crippen LogP contribution in [0.5, 0.6) is 11.5 Å². The van der Waals surface area contributed by atoms with Crippen molar-refractivity contribution in [3.8, 4) is 11.5 Å². The number of nitrogens with zero attached hydrogens (tertiary/aromatic N) is 2. The molecule has 1 saturated heterocycles. The molecule has 186 valence electrons. The highest BCUT2D eigenvalue weighted by atomic mass is 16.5. The van der Waals surface area contributed by atoms with Gasteiger partial charge in [-0.1, -0.05) is 42.5 Å². The molecule has 0 aliphatic carbocycles. The topological polar surface area (TPSA) is 90.3 Å². The van der Waals surface area contributed by atoms with Crippen molar-refractivity contribution in [3.63, 3.8) is 0 Å². The molecule has 0 radical (unpaired) electrons. The highest BCUT2D eigenvalue weighted by Gasteiger charge is 2.45. The first-order valence-electron chi connectivity index (χ1n) is 11.8.